The first-order valence-corrected chi connectivity index (χ1v) is 8.08. The van der Waals surface area contributed by atoms with Crippen LogP contribution in [-0.4, -0.2) is 65.6 Å². The van der Waals surface area contributed by atoms with Gasteiger partial charge < -0.3 is 9.30 Å². The first kappa shape index (κ1) is 13.9. The lowest BCUT2D eigenvalue weighted by molar-refractivity contribution is 0.0939. The van der Waals surface area contributed by atoms with Gasteiger partial charge in [0.1, 0.15) is 12.4 Å². The molecule has 0 spiro atoms. The normalized spacial score (nSPS) is 25.2. The minimum absolute atomic E-state index is 0.00277. The zero-order chi connectivity index (χ0) is 14.3. The van der Waals surface area contributed by atoms with E-state index in [2.05, 4.69) is 10.2 Å². The van der Waals surface area contributed by atoms with E-state index >= 15 is 0 Å². The second kappa shape index (κ2) is 5.06. The fraction of sp³-hybridized carbons (Fsp3) is 0.818. The minimum Gasteiger partial charge on any atom is -0.370 e. The van der Waals surface area contributed by atoms with Crippen LogP contribution in [0.1, 0.15) is 30.8 Å². The fourth-order valence-corrected chi connectivity index (χ4v) is 3.74. The molecule has 0 aliphatic carbocycles. The second-order valence-corrected chi connectivity index (χ2v) is 7.50. The smallest absolute Gasteiger partial charge is 0.281 e. The first-order valence-electron chi connectivity index (χ1n) is 6.68. The Kier molecular flexibility index (Phi) is 3.53. The van der Waals surface area contributed by atoms with E-state index in [0.29, 0.717) is 13.1 Å². The van der Waals surface area contributed by atoms with Gasteiger partial charge in [0.15, 0.2) is 5.82 Å². The van der Waals surface area contributed by atoms with Gasteiger partial charge in [0, 0.05) is 33.8 Å². The summed E-state index contributed by atoms with van der Waals surface area (Å²) in [4.78, 5) is 0. The maximum Gasteiger partial charge on any atom is 0.281 e. The largest absolute Gasteiger partial charge is 0.370 e. The van der Waals surface area contributed by atoms with Crippen LogP contribution in [0.2, 0.25) is 0 Å². The molecule has 0 N–H and O–H groups in total. The molecule has 0 amide bonds. The Morgan fingerprint density at radius 1 is 1.40 bits per heavy atom. The average Bonchev–Trinajstić information content (AvgIpc) is 2.95. The highest BCUT2D eigenvalue weighted by Gasteiger charge is 2.39. The molecular formula is C11H19N5O3S. The Morgan fingerprint density at radius 2 is 2.15 bits per heavy atom. The molecule has 2 saturated heterocycles. The average molecular weight is 301 g/mol. The molecule has 3 heterocycles. The minimum atomic E-state index is -3.31. The maximum absolute atomic E-state index is 12.0. The fourth-order valence-electron chi connectivity index (χ4n) is 2.56. The third-order valence-corrected chi connectivity index (χ3v) is 5.70. The number of nitrogens with zero attached hydrogens (tertiary/aromatic N) is 5. The lowest BCUT2D eigenvalue weighted by Gasteiger charge is -2.40. The van der Waals surface area contributed by atoms with Gasteiger partial charge in [-0.15, -0.1) is 10.2 Å². The summed E-state index contributed by atoms with van der Waals surface area (Å²) in [5.41, 5.74) is 0. The number of hydrogen-bond acceptors (Lipinski definition) is 5. The summed E-state index contributed by atoms with van der Waals surface area (Å²) in [5.74, 6) is 0.814. The molecule has 20 heavy (non-hydrogen) atoms. The molecule has 2 aliphatic rings. The van der Waals surface area contributed by atoms with E-state index in [1.807, 2.05) is 4.57 Å². The lowest BCUT2D eigenvalue weighted by atomic mass is 10.1. The number of ether oxygens (including phenoxy) is 1. The van der Waals surface area contributed by atoms with Gasteiger partial charge in [-0.25, -0.2) is 0 Å². The van der Waals surface area contributed by atoms with Crippen molar-refractivity contribution in [3.05, 3.63) is 12.2 Å². The van der Waals surface area contributed by atoms with Crippen LogP contribution >= 0.6 is 0 Å². The Hall–Kier alpha value is -1.03. The van der Waals surface area contributed by atoms with Crippen molar-refractivity contribution in [3.63, 3.8) is 0 Å². The molecule has 0 aromatic carbocycles. The Labute approximate surface area is 118 Å². The van der Waals surface area contributed by atoms with E-state index < -0.39 is 10.2 Å². The zero-order valence-corrected chi connectivity index (χ0v) is 12.5. The third-order valence-electron chi connectivity index (χ3n) is 3.83. The van der Waals surface area contributed by atoms with Gasteiger partial charge in [0.25, 0.3) is 10.2 Å². The molecule has 0 bridgehead atoms. The molecule has 8 nitrogen and oxygen atoms in total. The molecule has 2 fully saturated rings. The van der Waals surface area contributed by atoms with E-state index in [4.69, 9.17) is 4.74 Å². The summed E-state index contributed by atoms with van der Waals surface area (Å²) in [5, 5.41) is 8.08. The molecule has 9 heteroatoms. The van der Waals surface area contributed by atoms with Crippen molar-refractivity contribution in [1.29, 1.82) is 0 Å². The molecular weight excluding hydrogens is 282 g/mol. The third kappa shape index (κ3) is 2.24. The Bertz CT molecular complexity index is 573. The van der Waals surface area contributed by atoms with Crippen LogP contribution in [0.5, 0.6) is 0 Å². The Balaban J connectivity index is 1.70. The summed E-state index contributed by atoms with van der Waals surface area (Å²) >= 11 is 0. The summed E-state index contributed by atoms with van der Waals surface area (Å²) in [6.07, 6.45) is 3.65. The number of aromatic nitrogens is 3. The standard InChI is InChI=1S/C11H19N5O3S/c1-14(2)20(17,18)15-6-9(7-15)16-8-12-13-11(16)10-4-3-5-19-10/h8-10H,3-7H2,1-2H3. The van der Waals surface area contributed by atoms with Crippen molar-refractivity contribution < 1.29 is 13.2 Å². The van der Waals surface area contributed by atoms with Crippen LogP contribution in [0.4, 0.5) is 0 Å². The van der Waals surface area contributed by atoms with E-state index in [0.717, 1.165) is 25.3 Å². The van der Waals surface area contributed by atoms with Crippen LogP contribution in [0.25, 0.3) is 0 Å². The summed E-state index contributed by atoms with van der Waals surface area (Å²) < 4.78 is 34.2. The van der Waals surface area contributed by atoms with Crippen molar-refractivity contribution in [1.82, 2.24) is 23.4 Å². The summed E-state index contributed by atoms with van der Waals surface area (Å²) in [7, 11) is -0.233. The first-order chi connectivity index (χ1) is 9.50. The molecule has 1 aromatic rings. The van der Waals surface area contributed by atoms with E-state index in [-0.39, 0.29) is 12.1 Å². The lowest BCUT2D eigenvalue weighted by Crippen LogP contribution is -2.54. The predicted octanol–water partition coefficient (Wildman–Crippen LogP) is -0.207. The number of rotatable bonds is 4. The van der Waals surface area contributed by atoms with Gasteiger partial charge in [-0.1, -0.05) is 0 Å². The van der Waals surface area contributed by atoms with Crippen molar-refractivity contribution in [2.45, 2.75) is 25.0 Å². The topological polar surface area (TPSA) is 80.6 Å². The zero-order valence-electron chi connectivity index (χ0n) is 11.6. The van der Waals surface area contributed by atoms with Gasteiger partial charge in [0.2, 0.25) is 0 Å². The van der Waals surface area contributed by atoms with Crippen molar-refractivity contribution in [2.24, 2.45) is 0 Å². The molecule has 1 unspecified atom stereocenters. The van der Waals surface area contributed by atoms with Crippen LogP contribution < -0.4 is 0 Å². The van der Waals surface area contributed by atoms with Gasteiger partial charge in [0.05, 0.1) is 6.04 Å². The monoisotopic (exact) mass is 301 g/mol. The van der Waals surface area contributed by atoms with E-state index in [1.165, 1.54) is 8.61 Å². The molecule has 3 rings (SSSR count). The molecule has 112 valence electrons. The van der Waals surface area contributed by atoms with Crippen molar-refractivity contribution >= 4 is 10.2 Å². The highest BCUT2D eigenvalue weighted by molar-refractivity contribution is 7.86. The quantitative estimate of drug-likeness (QED) is 0.769. The highest BCUT2D eigenvalue weighted by atomic mass is 32.2. The van der Waals surface area contributed by atoms with Gasteiger partial charge in [-0.05, 0) is 12.8 Å². The molecule has 0 saturated carbocycles. The molecule has 1 aromatic heterocycles. The van der Waals surface area contributed by atoms with Crippen molar-refractivity contribution in [3.8, 4) is 0 Å². The molecule has 1 atom stereocenters. The van der Waals surface area contributed by atoms with E-state index in [1.54, 1.807) is 20.4 Å². The van der Waals surface area contributed by atoms with Gasteiger partial charge in [-0.2, -0.15) is 17.0 Å². The van der Waals surface area contributed by atoms with Gasteiger partial charge >= 0.3 is 0 Å². The predicted molar refractivity (Wildman–Crippen MR) is 71.2 cm³/mol. The second-order valence-electron chi connectivity index (χ2n) is 5.36. The summed E-state index contributed by atoms with van der Waals surface area (Å²) in [6.45, 7) is 1.67. The summed E-state index contributed by atoms with van der Waals surface area (Å²) in [6, 6.07) is 0.0962. The molecule has 0 radical (unpaired) electrons. The van der Waals surface area contributed by atoms with Crippen LogP contribution in [0, 0.1) is 0 Å². The Morgan fingerprint density at radius 3 is 2.75 bits per heavy atom. The van der Waals surface area contributed by atoms with Crippen molar-refractivity contribution in [2.75, 3.05) is 33.8 Å². The maximum atomic E-state index is 12.0. The van der Waals surface area contributed by atoms with E-state index in [9.17, 15) is 8.42 Å². The van der Waals surface area contributed by atoms with Gasteiger partial charge in [-0.3, -0.25) is 0 Å². The number of hydrogen-bond donors (Lipinski definition) is 0. The van der Waals surface area contributed by atoms with Crippen LogP contribution in [0.3, 0.4) is 0 Å². The SMILES string of the molecule is CN(C)S(=O)(=O)N1CC(n2cnnc2C2CCCO2)C1. The van der Waals surface area contributed by atoms with Crippen LogP contribution in [-0.2, 0) is 14.9 Å². The van der Waals surface area contributed by atoms with Crippen LogP contribution in [0.15, 0.2) is 6.33 Å². The molecule has 2 aliphatic heterocycles. The highest BCUT2D eigenvalue weighted by Crippen LogP contribution is 2.32.